The summed E-state index contributed by atoms with van der Waals surface area (Å²) >= 11 is 5.90. The van der Waals surface area contributed by atoms with Gasteiger partial charge in [-0.25, -0.2) is 16.8 Å². The minimum absolute atomic E-state index is 0.0204. The Morgan fingerprint density at radius 2 is 1.31 bits per heavy atom. The van der Waals surface area contributed by atoms with E-state index >= 15 is 0 Å². The molecule has 0 bridgehead atoms. The molecule has 0 unspecified atom stereocenters. The van der Waals surface area contributed by atoms with Gasteiger partial charge in [-0.3, -0.25) is 19.6 Å². The minimum Gasteiger partial charge on any atom is -0.280 e. The number of nitrogens with one attached hydrogen (secondary N) is 2. The van der Waals surface area contributed by atoms with Gasteiger partial charge in [0.05, 0.1) is 26.1 Å². The molecule has 0 saturated carbocycles. The molecule has 9 nitrogen and oxygen atoms in total. The number of benzene rings is 3. The van der Waals surface area contributed by atoms with E-state index < -0.39 is 25.0 Å². The van der Waals surface area contributed by atoms with Crippen molar-refractivity contribution in [2.45, 2.75) is 23.6 Å². The lowest BCUT2D eigenvalue weighted by atomic mass is 10.2. The van der Waals surface area contributed by atoms with E-state index in [2.05, 4.69) is 9.44 Å². The number of nitrogens with zero attached hydrogens (tertiary/aromatic N) is 1. The van der Waals surface area contributed by atoms with Crippen LogP contribution in [0, 0.1) is 24.0 Å². The molecule has 2 N–H and O–H groups in total. The van der Waals surface area contributed by atoms with Gasteiger partial charge in [0.2, 0.25) is 0 Å². The number of aryl methyl sites for hydroxylation is 2. The van der Waals surface area contributed by atoms with E-state index in [1.807, 2.05) is 0 Å². The van der Waals surface area contributed by atoms with E-state index in [4.69, 9.17) is 11.6 Å². The highest BCUT2D eigenvalue weighted by atomic mass is 35.5. The zero-order chi connectivity index (χ0) is 23.7. The predicted octanol–water partition coefficient (Wildman–Crippen LogP) is 4.47. The van der Waals surface area contributed by atoms with Crippen molar-refractivity contribution >= 4 is 48.7 Å². The summed E-state index contributed by atoms with van der Waals surface area (Å²) < 4.78 is 56.2. The van der Waals surface area contributed by atoms with Gasteiger partial charge in [-0.2, -0.15) is 0 Å². The molecule has 0 atom stereocenters. The van der Waals surface area contributed by atoms with Crippen LogP contribution in [0.5, 0.6) is 0 Å². The van der Waals surface area contributed by atoms with Crippen molar-refractivity contribution in [1.29, 1.82) is 0 Å². The van der Waals surface area contributed by atoms with Gasteiger partial charge in [-0.1, -0.05) is 29.8 Å². The second kappa shape index (κ2) is 8.77. The Kier molecular flexibility index (Phi) is 6.44. The SMILES string of the molecule is Cc1ccc(NS(=O)(=O)c2cc([N+](=O)[O-])ccc2C)cc1S(=O)(=O)Nc1cccc(Cl)c1. The van der Waals surface area contributed by atoms with Crippen LogP contribution in [0.1, 0.15) is 11.1 Å². The average molecular weight is 496 g/mol. The Hall–Kier alpha value is -3.15. The molecular weight excluding hydrogens is 478 g/mol. The van der Waals surface area contributed by atoms with Crippen LogP contribution < -0.4 is 9.44 Å². The fraction of sp³-hybridized carbons (Fsp3) is 0.100. The van der Waals surface area contributed by atoms with Crippen molar-refractivity contribution in [3.8, 4) is 0 Å². The van der Waals surface area contributed by atoms with Crippen molar-refractivity contribution in [2.75, 3.05) is 9.44 Å². The molecular formula is C20H18ClN3O6S2. The number of nitro groups is 1. The van der Waals surface area contributed by atoms with Crippen LogP contribution in [0.15, 0.2) is 70.5 Å². The number of hydrogen-bond acceptors (Lipinski definition) is 6. The van der Waals surface area contributed by atoms with Gasteiger partial charge in [-0.15, -0.1) is 0 Å². The molecule has 0 aliphatic rings. The van der Waals surface area contributed by atoms with Crippen LogP contribution in [0.25, 0.3) is 0 Å². The zero-order valence-electron chi connectivity index (χ0n) is 16.9. The number of halogens is 1. The van der Waals surface area contributed by atoms with E-state index in [1.54, 1.807) is 19.1 Å². The smallest absolute Gasteiger partial charge is 0.270 e. The van der Waals surface area contributed by atoms with E-state index in [0.717, 1.165) is 6.07 Å². The van der Waals surface area contributed by atoms with Crippen LogP contribution >= 0.6 is 11.6 Å². The quantitative estimate of drug-likeness (QED) is 0.366. The molecule has 0 spiro atoms. The first-order valence-electron chi connectivity index (χ1n) is 9.06. The van der Waals surface area contributed by atoms with Crippen molar-refractivity contribution in [2.24, 2.45) is 0 Å². The molecule has 3 rings (SSSR count). The van der Waals surface area contributed by atoms with E-state index in [0.29, 0.717) is 16.1 Å². The molecule has 3 aromatic rings. The normalized spacial score (nSPS) is 11.7. The number of anilines is 2. The van der Waals surface area contributed by atoms with Crippen LogP contribution in [-0.2, 0) is 20.0 Å². The average Bonchev–Trinajstić information content (AvgIpc) is 2.68. The highest BCUT2D eigenvalue weighted by molar-refractivity contribution is 7.93. The van der Waals surface area contributed by atoms with Crippen LogP contribution in [0.2, 0.25) is 5.02 Å². The number of sulfonamides is 2. The summed E-state index contributed by atoms with van der Waals surface area (Å²) in [5, 5.41) is 11.4. The van der Waals surface area contributed by atoms with E-state index in [1.165, 1.54) is 49.4 Å². The summed E-state index contributed by atoms with van der Waals surface area (Å²) in [7, 11) is -8.29. The summed E-state index contributed by atoms with van der Waals surface area (Å²) in [4.78, 5) is 9.90. The number of hydrogen-bond donors (Lipinski definition) is 2. The Bertz CT molecular complexity index is 1420. The van der Waals surface area contributed by atoms with Crippen LogP contribution in [0.4, 0.5) is 17.1 Å². The Morgan fingerprint density at radius 3 is 1.88 bits per heavy atom. The van der Waals surface area contributed by atoms with Crippen molar-refractivity contribution in [3.63, 3.8) is 0 Å². The number of nitro benzene ring substituents is 1. The maximum absolute atomic E-state index is 12.9. The van der Waals surface area contributed by atoms with E-state index in [9.17, 15) is 26.9 Å². The third-order valence-electron chi connectivity index (χ3n) is 4.48. The Balaban J connectivity index is 1.97. The van der Waals surface area contributed by atoms with Gasteiger partial charge in [0.25, 0.3) is 25.7 Å². The van der Waals surface area contributed by atoms with Crippen molar-refractivity contribution < 1.29 is 21.8 Å². The zero-order valence-corrected chi connectivity index (χ0v) is 19.3. The summed E-state index contributed by atoms with van der Waals surface area (Å²) in [6.07, 6.45) is 0. The maximum Gasteiger partial charge on any atom is 0.270 e. The fourth-order valence-electron chi connectivity index (χ4n) is 2.92. The van der Waals surface area contributed by atoms with Gasteiger partial charge >= 0.3 is 0 Å². The van der Waals surface area contributed by atoms with Crippen LogP contribution in [-0.4, -0.2) is 21.8 Å². The minimum atomic E-state index is -4.23. The summed E-state index contributed by atoms with van der Waals surface area (Å²) in [6.45, 7) is 3.06. The third-order valence-corrected chi connectivity index (χ3v) is 7.76. The number of non-ortho nitro benzene ring substituents is 1. The molecule has 0 aliphatic heterocycles. The molecule has 0 fully saturated rings. The standard InChI is InChI=1S/C20H18ClN3O6S2/c1-13-6-8-17(11-19(13)31(27,28)22-16-5-3-4-15(21)10-16)23-32(29,30)20-12-18(24(25)26)9-7-14(20)2/h3-12,22-23H,1-2H3. The first-order chi connectivity index (χ1) is 14.9. The second-order valence-electron chi connectivity index (χ2n) is 6.91. The Labute approximate surface area is 190 Å². The van der Waals surface area contributed by atoms with Gasteiger partial charge < -0.3 is 0 Å². The molecule has 0 amide bonds. The largest absolute Gasteiger partial charge is 0.280 e. The molecule has 0 radical (unpaired) electrons. The predicted molar refractivity (Wildman–Crippen MR) is 122 cm³/mol. The van der Waals surface area contributed by atoms with Crippen molar-refractivity contribution in [1.82, 2.24) is 0 Å². The summed E-state index contributed by atoms with van der Waals surface area (Å²) in [6, 6.07) is 13.6. The van der Waals surface area contributed by atoms with E-state index in [-0.39, 0.29) is 26.9 Å². The molecule has 12 heteroatoms. The molecule has 0 aromatic heterocycles. The van der Waals surface area contributed by atoms with Crippen LogP contribution in [0.3, 0.4) is 0 Å². The first-order valence-corrected chi connectivity index (χ1v) is 12.4. The molecule has 0 aliphatic carbocycles. The molecule has 0 heterocycles. The third kappa shape index (κ3) is 5.18. The molecule has 0 saturated heterocycles. The monoisotopic (exact) mass is 495 g/mol. The lowest BCUT2D eigenvalue weighted by Crippen LogP contribution is -2.17. The summed E-state index contributed by atoms with van der Waals surface area (Å²) in [5.41, 5.74) is 0.525. The summed E-state index contributed by atoms with van der Waals surface area (Å²) in [5.74, 6) is 0. The lowest BCUT2D eigenvalue weighted by molar-refractivity contribution is -0.385. The first kappa shape index (κ1) is 23.5. The lowest BCUT2D eigenvalue weighted by Gasteiger charge is -2.14. The Morgan fingerprint density at radius 1 is 0.781 bits per heavy atom. The second-order valence-corrected chi connectivity index (χ2v) is 10.6. The van der Waals surface area contributed by atoms with Gasteiger partial charge in [0.15, 0.2) is 0 Å². The molecule has 32 heavy (non-hydrogen) atoms. The highest BCUT2D eigenvalue weighted by Gasteiger charge is 2.23. The molecule has 3 aromatic carbocycles. The van der Waals surface area contributed by atoms with Gasteiger partial charge in [0.1, 0.15) is 0 Å². The topological polar surface area (TPSA) is 135 Å². The highest BCUT2D eigenvalue weighted by Crippen LogP contribution is 2.27. The maximum atomic E-state index is 12.9. The van der Waals surface area contributed by atoms with Gasteiger partial charge in [-0.05, 0) is 55.3 Å². The van der Waals surface area contributed by atoms with Crippen molar-refractivity contribution in [3.05, 3.63) is 86.9 Å². The van der Waals surface area contributed by atoms with Gasteiger partial charge in [0, 0.05) is 17.2 Å². The fourth-order valence-corrected chi connectivity index (χ4v) is 5.74. The number of rotatable bonds is 7. The molecule has 168 valence electrons.